The molecule has 1 N–H and O–H groups in total. The number of aromatic amines is 1. The maximum Gasteiger partial charge on any atom is 0.287 e. The zero-order valence-electron chi connectivity index (χ0n) is 11.6. The number of nitrogens with one attached hydrogen (secondary N) is 1. The van der Waals surface area contributed by atoms with Crippen molar-refractivity contribution in [1.82, 2.24) is 14.8 Å². The first-order valence-corrected chi connectivity index (χ1v) is 7.26. The second-order valence-corrected chi connectivity index (χ2v) is 5.65. The fourth-order valence-electron chi connectivity index (χ4n) is 2.41. The van der Waals surface area contributed by atoms with Crippen molar-refractivity contribution < 1.29 is 4.79 Å². The van der Waals surface area contributed by atoms with Gasteiger partial charge in [-0.15, -0.1) is 0 Å². The molecule has 0 saturated carbocycles. The van der Waals surface area contributed by atoms with Crippen LogP contribution >= 0.6 is 23.2 Å². The van der Waals surface area contributed by atoms with Crippen LogP contribution in [-0.2, 0) is 6.54 Å². The van der Waals surface area contributed by atoms with Gasteiger partial charge in [-0.25, -0.2) is 4.68 Å². The lowest BCUT2D eigenvalue weighted by Gasteiger charge is -2.05. The Hall–Kier alpha value is -2.11. The molecule has 0 amide bonds. The van der Waals surface area contributed by atoms with Crippen molar-refractivity contribution in [2.75, 3.05) is 0 Å². The highest BCUT2D eigenvalue weighted by molar-refractivity contribution is 6.41. The number of benzene rings is 1. The molecule has 0 saturated heterocycles. The molecule has 0 radical (unpaired) electrons. The summed E-state index contributed by atoms with van der Waals surface area (Å²) in [6.45, 7) is 1.62. The SMILES string of the molecule is Cc1[nH]c2ccccc2c1C(=O)Cn1ncc(Cl)c(Cl)c1=O. The predicted molar refractivity (Wildman–Crippen MR) is 85.9 cm³/mol. The van der Waals surface area contributed by atoms with E-state index in [2.05, 4.69) is 10.1 Å². The summed E-state index contributed by atoms with van der Waals surface area (Å²) in [5, 5.41) is 4.60. The summed E-state index contributed by atoms with van der Waals surface area (Å²) >= 11 is 11.5. The van der Waals surface area contributed by atoms with Gasteiger partial charge in [0, 0.05) is 22.2 Å². The lowest BCUT2D eigenvalue weighted by molar-refractivity contribution is 0.0966. The predicted octanol–water partition coefficient (Wildman–Crippen LogP) is 3.22. The average molecular weight is 336 g/mol. The Kier molecular flexibility index (Phi) is 3.76. The van der Waals surface area contributed by atoms with Crippen LogP contribution in [0.25, 0.3) is 10.9 Å². The van der Waals surface area contributed by atoms with Gasteiger partial charge in [-0.05, 0) is 13.0 Å². The monoisotopic (exact) mass is 335 g/mol. The highest BCUT2D eigenvalue weighted by Gasteiger charge is 2.18. The zero-order valence-corrected chi connectivity index (χ0v) is 13.1. The summed E-state index contributed by atoms with van der Waals surface area (Å²) in [5.41, 5.74) is 1.59. The minimum absolute atomic E-state index is 0.0682. The quantitative estimate of drug-likeness (QED) is 0.747. The van der Waals surface area contributed by atoms with Crippen LogP contribution in [-0.4, -0.2) is 20.5 Å². The Labute approximate surface area is 135 Å². The lowest BCUT2D eigenvalue weighted by Crippen LogP contribution is -2.27. The van der Waals surface area contributed by atoms with E-state index in [0.29, 0.717) is 5.56 Å². The van der Waals surface area contributed by atoms with Gasteiger partial charge in [-0.3, -0.25) is 9.59 Å². The van der Waals surface area contributed by atoms with Crippen LogP contribution in [0.15, 0.2) is 35.3 Å². The molecule has 3 rings (SSSR count). The number of aromatic nitrogens is 3. The van der Waals surface area contributed by atoms with E-state index in [0.717, 1.165) is 21.3 Å². The minimum atomic E-state index is -0.583. The Bertz CT molecular complexity index is 944. The molecule has 0 unspecified atom stereocenters. The number of fused-ring (bicyclic) bond motifs is 1. The van der Waals surface area contributed by atoms with Crippen LogP contribution in [0.1, 0.15) is 16.1 Å². The van der Waals surface area contributed by atoms with E-state index in [-0.39, 0.29) is 22.4 Å². The first-order valence-electron chi connectivity index (χ1n) is 6.50. The van der Waals surface area contributed by atoms with Gasteiger partial charge in [0.1, 0.15) is 11.6 Å². The molecule has 2 heterocycles. The van der Waals surface area contributed by atoms with Gasteiger partial charge in [-0.1, -0.05) is 41.4 Å². The molecule has 0 fully saturated rings. The van der Waals surface area contributed by atoms with Gasteiger partial charge >= 0.3 is 0 Å². The Balaban J connectivity index is 2.03. The molecule has 2 aromatic heterocycles. The van der Waals surface area contributed by atoms with Crippen molar-refractivity contribution in [3.05, 3.63) is 62.1 Å². The summed E-state index contributed by atoms with van der Waals surface area (Å²) in [7, 11) is 0. The molecule has 22 heavy (non-hydrogen) atoms. The number of halogens is 2. The molecule has 0 spiro atoms. The maximum atomic E-state index is 12.6. The molecule has 0 aliphatic heterocycles. The summed E-state index contributed by atoms with van der Waals surface area (Å²) in [6, 6.07) is 7.49. The van der Waals surface area contributed by atoms with Crippen molar-refractivity contribution in [2.45, 2.75) is 13.5 Å². The molecule has 5 nitrogen and oxygen atoms in total. The van der Waals surface area contributed by atoms with E-state index in [1.807, 2.05) is 31.2 Å². The molecule has 3 aromatic rings. The number of Topliss-reactive ketones (excluding diaryl/α,β-unsaturated/α-hetero) is 1. The van der Waals surface area contributed by atoms with Crippen molar-refractivity contribution in [2.24, 2.45) is 0 Å². The number of carbonyl (C=O) groups is 1. The number of nitrogens with zero attached hydrogens (tertiary/aromatic N) is 2. The highest BCUT2D eigenvalue weighted by atomic mass is 35.5. The Morgan fingerprint density at radius 3 is 2.82 bits per heavy atom. The summed E-state index contributed by atoms with van der Waals surface area (Å²) in [5.74, 6) is -0.220. The average Bonchev–Trinajstić information content (AvgIpc) is 2.83. The number of hydrogen-bond donors (Lipinski definition) is 1. The van der Waals surface area contributed by atoms with Crippen LogP contribution in [0.3, 0.4) is 0 Å². The van der Waals surface area contributed by atoms with E-state index >= 15 is 0 Å². The van der Waals surface area contributed by atoms with Crippen LogP contribution < -0.4 is 5.56 Å². The van der Waals surface area contributed by atoms with Gasteiger partial charge < -0.3 is 4.98 Å². The standard InChI is InChI=1S/C15H11Cl2N3O2/c1-8-13(9-4-2-3-5-11(9)19-8)12(21)7-20-15(22)14(17)10(16)6-18-20/h2-6,19H,7H2,1H3. The summed E-state index contributed by atoms with van der Waals surface area (Å²) in [6.07, 6.45) is 1.25. The maximum absolute atomic E-state index is 12.6. The molecule has 0 bridgehead atoms. The van der Waals surface area contributed by atoms with Gasteiger partial charge in [0.05, 0.1) is 11.2 Å². The van der Waals surface area contributed by atoms with Gasteiger partial charge in [0.25, 0.3) is 5.56 Å². The van der Waals surface area contributed by atoms with Crippen LogP contribution in [0.4, 0.5) is 0 Å². The van der Waals surface area contributed by atoms with Gasteiger partial charge in [-0.2, -0.15) is 5.10 Å². The van der Waals surface area contributed by atoms with Gasteiger partial charge in [0.2, 0.25) is 0 Å². The topological polar surface area (TPSA) is 67.8 Å². The molecular weight excluding hydrogens is 325 g/mol. The van der Waals surface area contributed by atoms with Crippen LogP contribution in [0.5, 0.6) is 0 Å². The van der Waals surface area contributed by atoms with Crippen molar-refractivity contribution in [3.8, 4) is 0 Å². The lowest BCUT2D eigenvalue weighted by atomic mass is 10.1. The van der Waals surface area contributed by atoms with E-state index in [4.69, 9.17) is 23.2 Å². The van der Waals surface area contributed by atoms with E-state index < -0.39 is 5.56 Å². The van der Waals surface area contributed by atoms with Crippen molar-refractivity contribution in [1.29, 1.82) is 0 Å². The van der Waals surface area contributed by atoms with E-state index in [9.17, 15) is 9.59 Å². The first-order chi connectivity index (χ1) is 10.5. The third kappa shape index (κ3) is 2.42. The highest BCUT2D eigenvalue weighted by Crippen LogP contribution is 2.22. The van der Waals surface area contributed by atoms with Gasteiger partial charge in [0.15, 0.2) is 5.78 Å². The number of ketones is 1. The van der Waals surface area contributed by atoms with Crippen LogP contribution in [0.2, 0.25) is 10.0 Å². The molecule has 1 aromatic carbocycles. The number of H-pyrrole nitrogens is 1. The normalized spacial score (nSPS) is 11.0. The first kappa shape index (κ1) is 14.8. The van der Waals surface area contributed by atoms with Crippen molar-refractivity contribution in [3.63, 3.8) is 0 Å². The molecule has 112 valence electrons. The number of aryl methyl sites for hydroxylation is 1. The molecule has 0 aliphatic rings. The number of para-hydroxylation sites is 1. The smallest absolute Gasteiger partial charge is 0.287 e. The third-order valence-corrected chi connectivity index (χ3v) is 4.16. The third-order valence-electron chi connectivity index (χ3n) is 3.41. The van der Waals surface area contributed by atoms with E-state index in [1.165, 1.54) is 6.20 Å². The molecule has 0 atom stereocenters. The van der Waals surface area contributed by atoms with Crippen molar-refractivity contribution >= 4 is 39.9 Å². The molecular formula is C15H11Cl2N3O2. The van der Waals surface area contributed by atoms with Crippen LogP contribution in [0, 0.1) is 6.92 Å². The Morgan fingerprint density at radius 1 is 1.32 bits per heavy atom. The second-order valence-electron chi connectivity index (χ2n) is 4.86. The van der Waals surface area contributed by atoms with E-state index in [1.54, 1.807) is 0 Å². The number of carbonyl (C=O) groups excluding carboxylic acids is 1. The fourth-order valence-corrected chi connectivity index (χ4v) is 2.68. The minimum Gasteiger partial charge on any atom is -0.358 e. The summed E-state index contributed by atoms with van der Waals surface area (Å²) < 4.78 is 1.01. The molecule has 7 heteroatoms. The fraction of sp³-hybridized carbons (Fsp3) is 0.133. The second kappa shape index (κ2) is 5.59. The summed E-state index contributed by atoms with van der Waals surface area (Å²) in [4.78, 5) is 27.7. The zero-order chi connectivity index (χ0) is 15.9. The number of hydrogen-bond acceptors (Lipinski definition) is 3. The largest absolute Gasteiger partial charge is 0.358 e. The number of rotatable bonds is 3. The molecule has 0 aliphatic carbocycles. The Morgan fingerprint density at radius 2 is 2.05 bits per heavy atom.